The Morgan fingerprint density at radius 1 is 1.08 bits per heavy atom. The largest absolute Gasteiger partial charge is 0.494 e. The van der Waals surface area contributed by atoms with Gasteiger partial charge in [0.25, 0.3) is 0 Å². The van der Waals surface area contributed by atoms with E-state index >= 15 is 0 Å². The molecule has 0 radical (unpaired) electrons. The summed E-state index contributed by atoms with van der Waals surface area (Å²) in [5.41, 5.74) is 4.98. The second kappa shape index (κ2) is 6.52. The highest BCUT2D eigenvalue weighted by Crippen LogP contribution is 2.38. The van der Waals surface area contributed by atoms with Crippen molar-refractivity contribution < 1.29 is 9.31 Å². The van der Waals surface area contributed by atoms with Crippen molar-refractivity contribution in [2.75, 3.05) is 19.0 Å². The minimum atomic E-state index is 0.00233. The molecule has 2 aromatic carbocycles. The molecule has 0 unspecified atom stereocenters. The molecule has 1 aliphatic rings. The van der Waals surface area contributed by atoms with Crippen LogP contribution < -0.4 is 10.1 Å². The Hall–Kier alpha value is -2.55. The first-order chi connectivity index (χ1) is 11.5. The summed E-state index contributed by atoms with van der Waals surface area (Å²) in [4.78, 5) is 0. The molecule has 0 aromatic heterocycles. The number of rotatable bonds is 5. The summed E-state index contributed by atoms with van der Waals surface area (Å²) >= 11 is 0. The Morgan fingerprint density at radius 2 is 1.79 bits per heavy atom. The molecule has 0 amide bonds. The third kappa shape index (κ3) is 2.94. The molecular formula is C21H25N2O+. The highest BCUT2D eigenvalue weighted by atomic mass is 16.5. The van der Waals surface area contributed by atoms with Gasteiger partial charge < -0.3 is 10.1 Å². The summed E-state index contributed by atoms with van der Waals surface area (Å²) in [6, 6.07) is 16.6. The van der Waals surface area contributed by atoms with Crippen molar-refractivity contribution in [2.24, 2.45) is 0 Å². The van der Waals surface area contributed by atoms with Gasteiger partial charge in [-0.3, -0.25) is 0 Å². The average molecular weight is 321 g/mol. The van der Waals surface area contributed by atoms with E-state index in [-0.39, 0.29) is 5.41 Å². The van der Waals surface area contributed by atoms with Crippen LogP contribution in [0, 0.1) is 0 Å². The molecule has 124 valence electrons. The maximum Gasteiger partial charge on any atom is 0.209 e. The summed E-state index contributed by atoms with van der Waals surface area (Å²) in [6.45, 7) is 7.22. The number of benzene rings is 2. The van der Waals surface area contributed by atoms with E-state index < -0.39 is 0 Å². The third-order valence-corrected chi connectivity index (χ3v) is 4.60. The lowest BCUT2D eigenvalue weighted by atomic mass is 9.81. The van der Waals surface area contributed by atoms with Crippen molar-refractivity contribution in [3.05, 3.63) is 66.4 Å². The molecule has 3 rings (SSSR count). The van der Waals surface area contributed by atoms with Crippen molar-refractivity contribution in [3.63, 3.8) is 0 Å². The number of fused-ring (bicyclic) bond motifs is 1. The molecule has 2 aromatic rings. The van der Waals surface area contributed by atoms with Gasteiger partial charge in [-0.25, -0.2) is 0 Å². The molecule has 24 heavy (non-hydrogen) atoms. The fourth-order valence-electron chi connectivity index (χ4n) is 3.33. The van der Waals surface area contributed by atoms with Crippen LogP contribution in [0.1, 0.15) is 26.3 Å². The monoisotopic (exact) mass is 321 g/mol. The normalized spacial score (nSPS) is 15.7. The Labute approximate surface area is 144 Å². The van der Waals surface area contributed by atoms with Gasteiger partial charge in [0.15, 0.2) is 5.71 Å². The Bertz CT molecular complexity index is 786. The summed E-state index contributed by atoms with van der Waals surface area (Å²) in [5.74, 6) is 0.897. The molecule has 1 heterocycles. The lowest BCUT2D eigenvalue weighted by Gasteiger charge is -2.15. The van der Waals surface area contributed by atoms with Crippen LogP contribution >= 0.6 is 0 Å². The minimum Gasteiger partial charge on any atom is -0.494 e. The molecule has 1 N–H and O–H groups in total. The number of nitrogens with one attached hydrogen (secondary N) is 1. The number of para-hydroxylation sites is 1. The fourth-order valence-corrected chi connectivity index (χ4v) is 3.33. The first-order valence-corrected chi connectivity index (χ1v) is 8.40. The van der Waals surface area contributed by atoms with Crippen LogP contribution in [-0.4, -0.2) is 23.9 Å². The topological polar surface area (TPSA) is 24.3 Å². The smallest absolute Gasteiger partial charge is 0.209 e. The van der Waals surface area contributed by atoms with Gasteiger partial charge in [-0.15, -0.1) is 0 Å². The Kier molecular flexibility index (Phi) is 4.43. The maximum atomic E-state index is 5.47. The van der Waals surface area contributed by atoms with Crippen LogP contribution in [0.25, 0.3) is 0 Å². The predicted molar refractivity (Wildman–Crippen MR) is 101 cm³/mol. The predicted octanol–water partition coefficient (Wildman–Crippen LogP) is 4.72. The van der Waals surface area contributed by atoms with Gasteiger partial charge in [-0.05, 0) is 45.0 Å². The molecule has 0 aliphatic carbocycles. The zero-order valence-electron chi connectivity index (χ0n) is 14.8. The van der Waals surface area contributed by atoms with Gasteiger partial charge in [-0.1, -0.05) is 18.2 Å². The molecule has 3 nitrogen and oxygen atoms in total. The number of anilines is 1. The van der Waals surface area contributed by atoms with Gasteiger partial charge in [0.05, 0.1) is 12.0 Å². The van der Waals surface area contributed by atoms with Crippen LogP contribution in [0.5, 0.6) is 5.75 Å². The quantitative estimate of drug-likeness (QED) is 0.806. The van der Waals surface area contributed by atoms with E-state index in [9.17, 15) is 0 Å². The molecule has 0 bridgehead atoms. The van der Waals surface area contributed by atoms with Crippen molar-refractivity contribution in [3.8, 4) is 5.75 Å². The molecule has 0 saturated carbocycles. The van der Waals surface area contributed by atoms with Crippen LogP contribution in [-0.2, 0) is 5.41 Å². The molecule has 0 atom stereocenters. The molecule has 3 heteroatoms. The van der Waals surface area contributed by atoms with E-state index in [4.69, 9.17) is 4.74 Å². The molecular weight excluding hydrogens is 296 g/mol. The average Bonchev–Trinajstić information content (AvgIpc) is 2.78. The van der Waals surface area contributed by atoms with Gasteiger partial charge in [0.1, 0.15) is 12.8 Å². The molecule has 1 aliphatic heterocycles. The van der Waals surface area contributed by atoms with Crippen molar-refractivity contribution in [1.29, 1.82) is 0 Å². The van der Waals surface area contributed by atoms with E-state index in [1.807, 2.05) is 37.4 Å². The number of ether oxygens (including phenoxy) is 1. The minimum absolute atomic E-state index is 0.00233. The summed E-state index contributed by atoms with van der Waals surface area (Å²) in [6.07, 6.45) is 4.17. The fraction of sp³-hybridized carbons (Fsp3) is 0.286. The first-order valence-electron chi connectivity index (χ1n) is 8.40. The van der Waals surface area contributed by atoms with Crippen LogP contribution in [0.4, 0.5) is 11.4 Å². The lowest BCUT2D eigenvalue weighted by molar-refractivity contribution is -0.401. The Morgan fingerprint density at radius 3 is 2.46 bits per heavy atom. The zero-order chi connectivity index (χ0) is 17.2. The number of hydrogen-bond acceptors (Lipinski definition) is 2. The van der Waals surface area contributed by atoms with Crippen molar-refractivity contribution >= 4 is 17.1 Å². The summed E-state index contributed by atoms with van der Waals surface area (Å²) in [7, 11) is 2.13. The SMILES string of the molecule is CCOc1ccc(NC=CC2=[N+](C)c3ccccc3C2(C)C)cc1. The van der Waals surface area contributed by atoms with E-state index in [1.165, 1.54) is 17.0 Å². The number of nitrogens with zero attached hydrogens (tertiary/aromatic N) is 1. The second-order valence-electron chi connectivity index (χ2n) is 6.52. The lowest BCUT2D eigenvalue weighted by Crippen LogP contribution is -2.26. The highest BCUT2D eigenvalue weighted by Gasteiger charge is 2.42. The number of hydrogen-bond donors (Lipinski definition) is 1. The number of allylic oxidation sites excluding steroid dienone is 1. The highest BCUT2D eigenvalue weighted by molar-refractivity contribution is 6.03. The van der Waals surface area contributed by atoms with Crippen molar-refractivity contribution in [1.82, 2.24) is 0 Å². The van der Waals surface area contributed by atoms with Crippen LogP contribution in [0.3, 0.4) is 0 Å². The maximum absolute atomic E-state index is 5.47. The van der Waals surface area contributed by atoms with Crippen LogP contribution in [0.2, 0.25) is 0 Å². The molecule has 0 spiro atoms. The van der Waals surface area contributed by atoms with E-state index in [0.29, 0.717) is 6.61 Å². The van der Waals surface area contributed by atoms with E-state index in [0.717, 1.165) is 11.4 Å². The van der Waals surface area contributed by atoms with Crippen molar-refractivity contribution in [2.45, 2.75) is 26.2 Å². The molecule has 0 fully saturated rings. The summed E-state index contributed by atoms with van der Waals surface area (Å²) in [5, 5.41) is 3.34. The van der Waals surface area contributed by atoms with Crippen LogP contribution in [0.15, 0.2) is 60.8 Å². The zero-order valence-corrected chi connectivity index (χ0v) is 14.8. The van der Waals surface area contributed by atoms with Gasteiger partial charge >= 0.3 is 0 Å². The van der Waals surface area contributed by atoms with Gasteiger partial charge in [0.2, 0.25) is 5.69 Å². The summed E-state index contributed by atoms with van der Waals surface area (Å²) < 4.78 is 7.74. The third-order valence-electron chi connectivity index (χ3n) is 4.60. The second-order valence-corrected chi connectivity index (χ2v) is 6.52. The van der Waals surface area contributed by atoms with Gasteiger partial charge in [0, 0.05) is 29.6 Å². The Balaban J connectivity index is 1.76. The van der Waals surface area contributed by atoms with E-state index in [2.05, 4.69) is 61.1 Å². The van der Waals surface area contributed by atoms with Gasteiger partial charge in [-0.2, -0.15) is 4.58 Å². The first kappa shape index (κ1) is 16.3. The molecule has 0 saturated heterocycles. The standard InChI is InChI=1S/C21H24N2O/c1-5-24-17-12-10-16(11-13-17)22-15-14-20-21(2,3)18-8-6-7-9-19(18)23(20)4/h6-15H,5H2,1-4H3/p+1. The van der Waals surface area contributed by atoms with E-state index in [1.54, 1.807) is 0 Å².